The molecule has 0 aliphatic carbocycles. The van der Waals surface area contributed by atoms with Crippen LogP contribution in [0.3, 0.4) is 0 Å². The van der Waals surface area contributed by atoms with Crippen LogP contribution in [0.5, 0.6) is 0 Å². The van der Waals surface area contributed by atoms with Crippen molar-refractivity contribution < 1.29 is 14.4 Å². The second kappa shape index (κ2) is 3.73. The van der Waals surface area contributed by atoms with E-state index in [0.717, 1.165) is 4.90 Å². The molecule has 2 rings (SSSR count). The van der Waals surface area contributed by atoms with Crippen LogP contribution in [-0.2, 0) is 14.4 Å². The van der Waals surface area contributed by atoms with Crippen molar-refractivity contribution in [3.05, 3.63) is 0 Å². The summed E-state index contributed by atoms with van der Waals surface area (Å²) in [5.41, 5.74) is 0. The van der Waals surface area contributed by atoms with E-state index in [9.17, 15) is 14.4 Å². The highest BCUT2D eigenvalue weighted by Crippen LogP contribution is 2.32. The minimum Gasteiger partial charge on any atom is -0.340 e. The fourth-order valence-electron chi connectivity index (χ4n) is 2.34. The number of carbonyl (C=O) groups is 3. The van der Waals surface area contributed by atoms with Crippen molar-refractivity contribution in [2.24, 2.45) is 11.8 Å². The van der Waals surface area contributed by atoms with E-state index in [1.807, 2.05) is 0 Å². The number of halogens is 1. The number of amides is 3. The lowest BCUT2D eigenvalue weighted by molar-refractivity contribution is -0.139. The Morgan fingerprint density at radius 3 is 2.12 bits per heavy atom. The van der Waals surface area contributed by atoms with Gasteiger partial charge in [-0.1, -0.05) is 0 Å². The molecule has 88 valence electrons. The first kappa shape index (κ1) is 11.4. The number of hydrogen-bond donors (Lipinski definition) is 0. The van der Waals surface area contributed by atoms with Crippen LogP contribution < -0.4 is 0 Å². The van der Waals surface area contributed by atoms with Crippen LogP contribution >= 0.6 is 11.6 Å². The van der Waals surface area contributed by atoms with Gasteiger partial charge in [-0.05, 0) is 6.92 Å². The number of fused-ring (bicyclic) bond motifs is 1. The first-order valence-electron chi connectivity index (χ1n) is 5.17. The molecule has 2 aliphatic heterocycles. The van der Waals surface area contributed by atoms with Gasteiger partial charge in [-0.3, -0.25) is 19.3 Å². The Bertz CT molecular complexity index is 345. The number of carbonyl (C=O) groups excluding carboxylic acids is 3. The van der Waals surface area contributed by atoms with E-state index in [0.29, 0.717) is 13.1 Å². The quantitative estimate of drug-likeness (QED) is 0.470. The summed E-state index contributed by atoms with van der Waals surface area (Å²) >= 11 is 5.69. The SMILES string of the molecule is C[C@H](Cl)C(=O)N1C[C@H]2C(=O)N(C)C(=O)[C@@H]2C1. The topological polar surface area (TPSA) is 57.7 Å². The number of nitrogens with zero attached hydrogens (tertiary/aromatic N) is 2. The summed E-state index contributed by atoms with van der Waals surface area (Å²) in [6, 6.07) is 0. The van der Waals surface area contributed by atoms with Crippen LogP contribution in [0.1, 0.15) is 6.92 Å². The van der Waals surface area contributed by atoms with Gasteiger partial charge in [0.2, 0.25) is 17.7 Å². The second-order valence-electron chi connectivity index (χ2n) is 4.31. The van der Waals surface area contributed by atoms with E-state index in [2.05, 4.69) is 0 Å². The molecule has 6 heteroatoms. The van der Waals surface area contributed by atoms with Crippen LogP contribution in [-0.4, -0.2) is 53.0 Å². The predicted molar refractivity (Wildman–Crippen MR) is 56.7 cm³/mol. The van der Waals surface area contributed by atoms with Gasteiger partial charge in [-0.25, -0.2) is 0 Å². The molecule has 0 spiro atoms. The van der Waals surface area contributed by atoms with E-state index < -0.39 is 5.38 Å². The predicted octanol–water partition coefficient (Wildman–Crippen LogP) is -0.313. The largest absolute Gasteiger partial charge is 0.340 e. The lowest BCUT2D eigenvalue weighted by atomic mass is 10.00. The Balaban J connectivity index is 2.13. The van der Waals surface area contributed by atoms with E-state index in [-0.39, 0.29) is 29.6 Å². The normalized spacial score (nSPS) is 30.9. The molecule has 2 fully saturated rings. The third-order valence-corrected chi connectivity index (χ3v) is 3.45. The van der Waals surface area contributed by atoms with Gasteiger partial charge in [-0.15, -0.1) is 11.6 Å². The Hall–Kier alpha value is -1.10. The standard InChI is InChI=1S/C10H13ClN2O3/c1-5(11)8(14)13-3-6-7(4-13)10(16)12(2)9(6)15/h5-7H,3-4H2,1-2H3/t5-,6+,7+/m0/s1. The van der Waals surface area contributed by atoms with Gasteiger partial charge >= 0.3 is 0 Å². The molecular weight excluding hydrogens is 232 g/mol. The third kappa shape index (κ3) is 1.50. The summed E-state index contributed by atoms with van der Waals surface area (Å²) in [6.45, 7) is 2.22. The Kier molecular flexibility index (Phi) is 2.66. The molecule has 3 atom stereocenters. The van der Waals surface area contributed by atoms with Crippen LogP contribution in [0, 0.1) is 11.8 Å². The number of imide groups is 1. The first-order chi connectivity index (χ1) is 7.43. The molecule has 0 aromatic heterocycles. The van der Waals surface area contributed by atoms with Gasteiger partial charge in [0, 0.05) is 20.1 Å². The second-order valence-corrected chi connectivity index (χ2v) is 4.96. The Labute approximate surface area is 98.3 Å². The van der Waals surface area contributed by atoms with E-state index in [1.165, 1.54) is 11.9 Å². The van der Waals surface area contributed by atoms with E-state index in [4.69, 9.17) is 11.6 Å². The molecule has 0 unspecified atom stereocenters. The summed E-state index contributed by atoms with van der Waals surface area (Å²) in [6.07, 6.45) is 0. The zero-order chi connectivity index (χ0) is 12.0. The monoisotopic (exact) mass is 244 g/mol. The van der Waals surface area contributed by atoms with Crippen molar-refractivity contribution in [2.45, 2.75) is 12.3 Å². The summed E-state index contributed by atoms with van der Waals surface area (Å²) in [5.74, 6) is -1.31. The van der Waals surface area contributed by atoms with Gasteiger partial charge in [0.05, 0.1) is 11.8 Å². The minimum atomic E-state index is -0.609. The zero-order valence-electron chi connectivity index (χ0n) is 9.14. The summed E-state index contributed by atoms with van der Waals surface area (Å²) in [4.78, 5) is 37.6. The Morgan fingerprint density at radius 1 is 1.31 bits per heavy atom. The summed E-state index contributed by atoms with van der Waals surface area (Å²) in [5, 5.41) is -0.609. The van der Waals surface area contributed by atoms with Gasteiger partial charge in [-0.2, -0.15) is 0 Å². The summed E-state index contributed by atoms with van der Waals surface area (Å²) < 4.78 is 0. The molecule has 2 aliphatic rings. The Morgan fingerprint density at radius 2 is 1.75 bits per heavy atom. The van der Waals surface area contributed by atoms with Crippen molar-refractivity contribution in [1.82, 2.24) is 9.80 Å². The fraction of sp³-hybridized carbons (Fsp3) is 0.700. The maximum atomic E-state index is 11.7. The van der Waals surface area contributed by atoms with Gasteiger partial charge in [0.1, 0.15) is 5.38 Å². The smallest absolute Gasteiger partial charge is 0.240 e. The van der Waals surface area contributed by atoms with Crippen molar-refractivity contribution in [3.63, 3.8) is 0 Å². The van der Waals surface area contributed by atoms with Crippen molar-refractivity contribution >= 4 is 29.3 Å². The summed E-state index contributed by atoms with van der Waals surface area (Å²) in [7, 11) is 1.49. The molecule has 0 bridgehead atoms. The molecular formula is C10H13ClN2O3. The van der Waals surface area contributed by atoms with Crippen molar-refractivity contribution in [3.8, 4) is 0 Å². The molecule has 0 N–H and O–H groups in total. The highest BCUT2D eigenvalue weighted by atomic mass is 35.5. The van der Waals surface area contributed by atoms with Crippen LogP contribution in [0.4, 0.5) is 0 Å². The number of likely N-dealkylation sites (tertiary alicyclic amines) is 2. The molecule has 16 heavy (non-hydrogen) atoms. The molecule has 2 saturated heterocycles. The molecule has 0 aromatic rings. The van der Waals surface area contributed by atoms with Crippen molar-refractivity contribution in [1.29, 1.82) is 0 Å². The minimum absolute atomic E-state index is 0.187. The molecule has 0 radical (unpaired) electrons. The number of hydrogen-bond acceptors (Lipinski definition) is 3. The lowest BCUT2D eigenvalue weighted by Crippen LogP contribution is -2.38. The maximum absolute atomic E-state index is 11.7. The molecule has 3 amide bonds. The van der Waals surface area contributed by atoms with E-state index in [1.54, 1.807) is 6.92 Å². The molecule has 0 aromatic carbocycles. The van der Waals surface area contributed by atoms with Crippen molar-refractivity contribution in [2.75, 3.05) is 20.1 Å². The average molecular weight is 245 g/mol. The third-order valence-electron chi connectivity index (χ3n) is 3.27. The number of alkyl halides is 1. The highest BCUT2D eigenvalue weighted by Gasteiger charge is 2.52. The average Bonchev–Trinajstić information content (AvgIpc) is 2.75. The van der Waals surface area contributed by atoms with Gasteiger partial charge < -0.3 is 4.90 Å². The fourth-order valence-corrected chi connectivity index (χ4v) is 2.48. The zero-order valence-corrected chi connectivity index (χ0v) is 9.90. The van der Waals surface area contributed by atoms with Crippen LogP contribution in [0.2, 0.25) is 0 Å². The lowest BCUT2D eigenvalue weighted by Gasteiger charge is -2.19. The van der Waals surface area contributed by atoms with Gasteiger partial charge in [0.15, 0.2) is 0 Å². The number of rotatable bonds is 1. The molecule has 2 heterocycles. The van der Waals surface area contributed by atoms with E-state index >= 15 is 0 Å². The first-order valence-corrected chi connectivity index (χ1v) is 5.61. The maximum Gasteiger partial charge on any atom is 0.240 e. The van der Waals surface area contributed by atoms with Crippen LogP contribution in [0.15, 0.2) is 0 Å². The molecule has 0 saturated carbocycles. The molecule has 5 nitrogen and oxygen atoms in total. The van der Waals surface area contributed by atoms with Gasteiger partial charge in [0.25, 0.3) is 0 Å². The van der Waals surface area contributed by atoms with Crippen LogP contribution in [0.25, 0.3) is 0 Å². The highest BCUT2D eigenvalue weighted by molar-refractivity contribution is 6.30.